The molecule has 0 N–H and O–H groups in total. The van der Waals surface area contributed by atoms with Gasteiger partial charge in [0, 0.05) is 23.7 Å². The number of aromatic nitrogens is 4. The molecule has 0 saturated carbocycles. The van der Waals surface area contributed by atoms with Gasteiger partial charge in [-0.15, -0.1) is 21.5 Å². The van der Waals surface area contributed by atoms with Crippen LogP contribution in [0.3, 0.4) is 0 Å². The summed E-state index contributed by atoms with van der Waals surface area (Å²) in [6, 6.07) is 16.5. The van der Waals surface area contributed by atoms with Crippen molar-refractivity contribution in [2.45, 2.75) is 24.3 Å². The highest BCUT2D eigenvalue weighted by Gasteiger charge is 2.15. The molecule has 0 bridgehead atoms. The van der Waals surface area contributed by atoms with Crippen LogP contribution in [0.25, 0.3) is 22.0 Å². The van der Waals surface area contributed by atoms with Crippen molar-refractivity contribution in [2.75, 3.05) is 7.11 Å². The Bertz CT molecular complexity index is 1100. The lowest BCUT2D eigenvalue weighted by atomic mass is 10.1. The lowest BCUT2D eigenvalue weighted by Gasteiger charge is -2.07. The van der Waals surface area contributed by atoms with Gasteiger partial charge in [-0.2, -0.15) is 0 Å². The highest BCUT2D eigenvalue weighted by Crippen LogP contribution is 2.32. The Kier molecular flexibility index (Phi) is 5.97. The van der Waals surface area contributed by atoms with E-state index >= 15 is 0 Å². The molecule has 0 radical (unpaired) electrons. The molecule has 0 spiro atoms. The summed E-state index contributed by atoms with van der Waals surface area (Å²) in [5, 5.41) is 12.8. The normalized spacial score (nSPS) is 11.0. The van der Waals surface area contributed by atoms with Gasteiger partial charge in [-0.1, -0.05) is 55.1 Å². The van der Waals surface area contributed by atoms with Crippen LogP contribution in [0.4, 0.5) is 0 Å². The zero-order valence-electron chi connectivity index (χ0n) is 16.6. The van der Waals surface area contributed by atoms with Gasteiger partial charge in [0.1, 0.15) is 10.8 Å². The van der Waals surface area contributed by atoms with E-state index in [1.54, 1.807) is 30.2 Å². The molecule has 0 amide bonds. The molecule has 2 aromatic heterocycles. The third-order valence-corrected chi connectivity index (χ3v) is 6.69. The third-order valence-electron chi connectivity index (χ3n) is 4.69. The van der Waals surface area contributed by atoms with Crippen LogP contribution in [0.2, 0.25) is 0 Å². The number of aryl methyl sites for hydroxylation is 1. The van der Waals surface area contributed by atoms with E-state index in [2.05, 4.69) is 46.8 Å². The first kappa shape index (κ1) is 19.7. The fraction of sp³-hybridized carbons (Fsp3) is 0.227. The second-order valence-electron chi connectivity index (χ2n) is 6.55. The van der Waals surface area contributed by atoms with Crippen molar-refractivity contribution in [3.63, 3.8) is 0 Å². The Morgan fingerprint density at radius 3 is 2.62 bits per heavy atom. The van der Waals surface area contributed by atoms with Gasteiger partial charge < -0.3 is 9.30 Å². The number of thioether (sulfide) groups is 1. The van der Waals surface area contributed by atoms with Crippen molar-refractivity contribution in [2.24, 2.45) is 7.05 Å². The standard InChI is InChI=1S/C22H22N4OS2/c1-4-15-9-11-16(12-10-15)21-23-17(13-28-21)14-29-22-25-24-20(26(22)2)18-7-5-6-8-19(18)27-3/h5-13H,4,14H2,1-3H3. The van der Waals surface area contributed by atoms with Gasteiger partial charge in [0.05, 0.1) is 18.4 Å². The van der Waals surface area contributed by atoms with Crippen molar-refractivity contribution >= 4 is 23.1 Å². The van der Waals surface area contributed by atoms with Gasteiger partial charge in [0.15, 0.2) is 11.0 Å². The van der Waals surface area contributed by atoms with E-state index in [1.165, 1.54) is 11.1 Å². The Labute approximate surface area is 178 Å². The minimum Gasteiger partial charge on any atom is -0.496 e. The summed E-state index contributed by atoms with van der Waals surface area (Å²) in [6.45, 7) is 2.17. The van der Waals surface area contributed by atoms with Crippen molar-refractivity contribution in [3.05, 3.63) is 65.2 Å². The van der Waals surface area contributed by atoms with Crippen LogP contribution >= 0.6 is 23.1 Å². The average molecular weight is 423 g/mol. The van der Waals surface area contributed by atoms with Crippen molar-refractivity contribution in [1.82, 2.24) is 19.7 Å². The van der Waals surface area contributed by atoms with Crippen LogP contribution in [0.5, 0.6) is 5.75 Å². The monoisotopic (exact) mass is 422 g/mol. The second-order valence-corrected chi connectivity index (χ2v) is 8.35. The summed E-state index contributed by atoms with van der Waals surface area (Å²) in [6.07, 6.45) is 1.05. The maximum Gasteiger partial charge on any atom is 0.191 e. The molecule has 7 heteroatoms. The smallest absolute Gasteiger partial charge is 0.191 e. The highest BCUT2D eigenvalue weighted by molar-refractivity contribution is 7.98. The summed E-state index contributed by atoms with van der Waals surface area (Å²) in [5.41, 5.74) is 4.49. The number of hydrogen-bond donors (Lipinski definition) is 0. The summed E-state index contributed by atoms with van der Waals surface area (Å²) in [7, 11) is 3.65. The van der Waals surface area contributed by atoms with Gasteiger partial charge in [-0.05, 0) is 24.1 Å². The van der Waals surface area contributed by atoms with Crippen LogP contribution in [-0.4, -0.2) is 26.9 Å². The van der Waals surface area contributed by atoms with Crippen LogP contribution in [-0.2, 0) is 19.2 Å². The van der Waals surface area contributed by atoms with E-state index in [0.29, 0.717) is 0 Å². The summed E-state index contributed by atoms with van der Waals surface area (Å²) < 4.78 is 7.46. The van der Waals surface area contributed by atoms with E-state index in [0.717, 1.165) is 45.2 Å². The zero-order chi connectivity index (χ0) is 20.2. The van der Waals surface area contributed by atoms with E-state index in [1.807, 2.05) is 35.9 Å². The lowest BCUT2D eigenvalue weighted by Crippen LogP contribution is -1.97. The van der Waals surface area contributed by atoms with E-state index < -0.39 is 0 Å². The molecule has 2 aromatic carbocycles. The molecule has 0 atom stereocenters. The van der Waals surface area contributed by atoms with Crippen molar-refractivity contribution < 1.29 is 4.74 Å². The number of para-hydroxylation sites is 1. The van der Waals surface area contributed by atoms with Gasteiger partial charge in [-0.3, -0.25) is 0 Å². The fourth-order valence-corrected chi connectivity index (χ4v) is 4.77. The molecule has 0 unspecified atom stereocenters. The van der Waals surface area contributed by atoms with Crippen LogP contribution in [0.1, 0.15) is 18.2 Å². The summed E-state index contributed by atoms with van der Waals surface area (Å²) in [5.74, 6) is 2.33. The maximum absolute atomic E-state index is 5.46. The quantitative estimate of drug-likeness (QED) is 0.370. The van der Waals surface area contributed by atoms with Gasteiger partial charge >= 0.3 is 0 Å². The number of hydrogen-bond acceptors (Lipinski definition) is 6. The predicted octanol–water partition coefficient (Wildman–Crippen LogP) is 5.47. The van der Waals surface area contributed by atoms with Gasteiger partial charge in [0.2, 0.25) is 0 Å². The first-order valence-corrected chi connectivity index (χ1v) is 11.3. The van der Waals surface area contributed by atoms with Gasteiger partial charge in [0.25, 0.3) is 0 Å². The second kappa shape index (κ2) is 8.80. The van der Waals surface area contributed by atoms with Crippen LogP contribution in [0.15, 0.2) is 59.1 Å². The Morgan fingerprint density at radius 2 is 1.86 bits per heavy atom. The number of rotatable bonds is 7. The molecule has 0 aliphatic heterocycles. The molecular formula is C22H22N4OS2. The van der Waals surface area contributed by atoms with Gasteiger partial charge in [-0.25, -0.2) is 4.98 Å². The molecule has 2 heterocycles. The Balaban J connectivity index is 1.47. The predicted molar refractivity (Wildman–Crippen MR) is 119 cm³/mol. The first-order chi connectivity index (χ1) is 14.2. The highest BCUT2D eigenvalue weighted by atomic mass is 32.2. The molecule has 5 nitrogen and oxygen atoms in total. The number of ether oxygens (including phenoxy) is 1. The van der Waals surface area contributed by atoms with Crippen molar-refractivity contribution in [3.8, 4) is 27.7 Å². The largest absolute Gasteiger partial charge is 0.496 e. The van der Waals surface area contributed by atoms with E-state index in [-0.39, 0.29) is 0 Å². The summed E-state index contributed by atoms with van der Waals surface area (Å²) in [4.78, 5) is 4.79. The fourth-order valence-electron chi connectivity index (χ4n) is 3.03. The zero-order valence-corrected chi connectivity index (χ0v) is 18.3. The Morgan fingerprint density at radius 1 is 1.07 bits per heavy atom. The van der Waals surface area contributed by atoms with E-state index in [9.17, 15) is 0 Å². The molecule has 0 aliphatic carbocycles. The summed E-state index contributed by atoms with van der Waals surface area (Å²) >= 11 is 3.32. The molecule has 29 heavy (non-hydrogen) atoms. The molecule has 4 rings (SSSR count). The van der Waals surface area contributed by atoms with Crippen LogP contribution in [0, 0.1) is 0 Å². The minimum absolute atomic E-state index is 0.751. The van der Waals surface area contributed by atoms with E-state index in [4.69, 9.17) is 9.72 Å². The molecule has 0 aliphatic rings. The number of nitrogens with zero attached hydrogens (tertiary/aromatic N) is 4. The first-order valence-electron chi connectivity index (χ1n) is 9.39. The molecule has 4 aromatic rings. The molecule has 148 valence electrons. The number of methoxy groups -OCH3 is 1. The average Bonchev–Trinajstić information content (AvgIpc) is 3.39. The Hall–Kier alpha value is -2.64. The SMILES string of the molecule is CCc1ccc(-c2nc(CSc3nnc(-c4ccccc4OC)n3C)cs2)cc1. The minimum atomic E-state index is 0.751. The number of thiazole rings is 1. The molecular weight excluding hydrogens is 400 g/mol. The van der Waals surface area contributed by atoms with Crippen molar-refractivity contribution in [1.29, 1.82) is 0 Å². The molecule has 0 saturated heterocycles. The number of benzene rings is 2. The lowest BCUT2D eigenvalue weighted by molar-refractivity contribution is 0.416. The topological polar surface area (TPSA) is 52.8 Å². The van der Waals surface area contributed by atoms with Crippen LogP contribution < -0.4 is 4.74 Å². The third kappa shape index (κ3) is 4.21. The maximum atomic E-state index is 5.46. The molecule has 0 fully saturated rings.